The van der Waals surface area contributed by atoms with E-state index in [1.807, 2.05) is 0 Å². The first-order valence-electron chi connectivity index (χ1n) is 7.15. The molecule has 0 heterocycles. The first-order valence-corrected chi connectivity index (χ1v) is 7.15. The van der Waals surface area contributed by atoms with Gasteiger partial charge in [-0.3, -0.25) is 10.1 Å². The summed E-state index contributed by atoms with van der Waals surface area (Å²) in [6.45, 7) is 0. The lowest BCUT2D eigenvalue weighted by Crippen LogP contribution is -2.06. The minimum atomic E-state index is -1.17. The Kier molecular flexibility index (Phi) is 8.97. The van der Waals surface area contributed by atoms with E-state index >= 15 is 0 Å². The molecule has 2 aromatic rings. The second-order valence-corrected chi connectivity index (χ2v) is 4.95. The van der Waals surface area contributed by atoms with Gasteiger partial charge in [-0.05, 0) is 6.07 Å². The molecule has 29 heavy (non-hydrogen) atoms. The number of phenolic OH excluding ortho intramolecular Hbond substituents is 2. The number of aromatic hydroxyl groups is 2. The van der Waals surface area contributed by atoms with Crippen molar-refractivity contribution >= 4 is 23.3 Å². The van der Waals surface area contributed by atoms with Crippen molar-refractivity contribution in [3.05, 3.63) is 57.1 Å². The summed E-state index contributed by atoms with van der Waals surface area (Å²) in [6.07, 6.45) is 0. The number of nitrogens with two attached hydrogens (primary N) is 1. The molecule has 0 saturated heterocycles. The van der Waals surface area contributed by atoms with Gasteiger partial charge in [-0.25, -0.2) is 18.4 Å². The molecule has 158 valence electrons. The van der Waals surface area contributed by atoms with Crippen molar-refractivity contribution in [3.63, 3.8) is 0 Å². The van der Waals surface area contributed by atoms with Crippen molar-refractivity contribution < 1.29 is 43.0 Å². The van der Waals surface area contributed by atoms with Crippen LogP contribution in [0.15, 0.2) is 24.3 Å². The van der Waals surface area contributed by atoms with Crippen molar-refractivity contribution in [2.45, 2.75) is 7.43 Å². The summed E-state index contributed by atoms with van der Waals surface area (Å²) in [4.78, 5) is 31.5. The maximum Gasteiger partial charge on any atom is 0.345 e. The predicted molar refractivity (Wildman–Crippen MR) is 96.6 cm³/mol. The zero-order chi connectivity index (χ0) is 21.6. The van der Waals surface area contributed by atoms with Crippen LogP contribution in [0.4, 0.5) is 20.2 Å². The average molecular weight is 416 g/mol. The van der Waals surface area contributed by atoms with E-state index in [1.54, 1.807) is 0 Å². The number of carbonyl (C=O) groups is 2. The van der Waals surface area contributed by atoms with Crippen LogP contribution in [0.3, 0.4) is 0 Å². The average Bonchev–Trinajstić information content (AvgIpc) is 2.65. The van der Waals surface area contributed by atoms with Gasteiger partial charge in [-0.15, -0.1) is 0 Å². The van der Waals surface area contributed by atoms with Gasteiger partial charge in [0.2, 0.25) is 0 Å². The van der Waals surface area contributed by atoms with Gasteiger partial charge in [-0.1, -0.05) is 7.43 Å². The second-order valence-electron chi connectivity index (χ2n) is 4.95. The molecule has 0 aromatic heterocycles. The molecule has 0 aliphatic rings. The number of methoxy groups -OCH3 is 2. The van der Waals surface area contributed by atoms with Gasteiger partial charge in [-0.2, -0.15) is 0 Å². The Labute approximate surface area is 163 Å². The molecule has 0 bridgehead atoms. The van der Waals surface area contributed by atoms with Crippen LogP contribution >= 0.6 is 0 Å². The highest BCUT2D eigenvalue weighted by molar-refractivity contribution is 5.95. The van der Waals surface area contributed by atoms with Crippen molar-refractivity contribution in [2.75, 3.05) is 20.0 Å². The summed E-state index contributed by atoms with van der Waals surface area (Å²) >= 11 is 0. The molecule has 10 nitrogen and oxygen atoms in total. The van der Waals surface area contributed by atoms with E-state index in [9.17, 15) is 28.5 Å². The molecule has 0 unspecified atom stereocenters. The lowest BCUT2D eigenvalue weighted by Gasteiger charge is -2.04. The fraction of sp³-hybridized carbons (Fsp3) is 0.176. The molecule has 0 spiro atoms. The van der Waals surface area contributed by atoms with Crippen molar-refractivity contribution in [1.82, 2.24) is 0 Å². The normalized spacial score (nSPS) is 9.38. The van der Waals surface area contributed by atoms with Gasteiger partial charge >= 0.3 is 11.9 Å². The number of hydrogen-bond acceptors (Lipinski definition) is 9. The number of nitrogen functional groups attached to an aromatic ring is 1. The fourth-order valence-corrected chi connectivity index (χ4v) is 1.84. The van der Waals surface area contributed by atoms with E-state index in [4.69, 9.17) is 15.9 Å². The molecule has 0 radical (unpaired) electrons. The molecular formula is C17H18F2N2O8. The van der Waals surface area contributed by atoms with Crippen LogP contribution in [0.1, 0.15) is 28.1 Å². The molecule has 0 aliphatic carbocycles. The lowest BCUT2D eigenvalue weighted by atomic mass is 10.1. The van der Waals surface area contributed by atoms with E-state index in [0.29, 0.717) is 12.1 Å². The third-order valence-corrected chi connectivity index (χ3v) is 3.19. The van der Waals surface area contributed by atoms with Gasteiger partial charge in [0.15, 0.2) is 23.1 Å². The van der Waals surface area contributed by atoms with Crippen LogP contribution < -0.4 is 5.73 Å². The summed E-state index contributed by atoms with van der Waals surface area (Å²) in [5.41, 5.74) is 3.94. The Hall–Kier alpha value is -3.96. The van der Waals surface area contributed by atoms with Crippen LogP contribution in [0.2, 0.25) is 0 Å². The fourth-order valence-electron chi connectivity index (χ4n) is 1.84. The summed E-state index contributed by atoms with van der Waals surface area (Å²) in [5.74, 6) is -5.25. The van der Waals surface area contributed by atoms with Gasteiger partial charge in [0, 0.05) is 17.8 Å². The number of esters is 2. The van der Waals surface area contributed by atoms with E-state index < -0.39 is 51.2 Å². The van der Waals surface area contributed by atoms with E-state index in [2.05, 4.69) is 9.47 Å². The molecule has 2 rings (SSSR count). The van der Waals surface area contributed by atoms with Crippen molar-refractivity contribution in [2.24, 2.45) is 0 Å². The van der Waals surface area contributed by atoms with Gasteiger partial charge in [0.1, 0.15) is 5.56 Å². The zero-order valence-electron chi connectivity index (χ0n) is 14.4. The standard InChI is InChI=1S/C8H6FNO5.C8H8FNO3.CH4/c1-15-8(12)4-2-7(11)5(9)3-6(4)10(13)14;1-13-8(12)4-2-7(11)5(9)3-6(4)10;/h2-3,11H,1H3;2-3,11H,10H2,1H3;1H4. The minimum Gasteiger partial charge on any atom is -0.505 e. The quantitative estimate of drug-likeness (QED) is 0.224. The highest BCUT2D eigenvalue weighted by Gasteiger charge is 2.24. The number of carbonyl (C=O) groups excluding carboxylic acids is 2. The van der Waals surface area contributed by atoms with E-state index in [1.165, 1.54) is 7.11 Å². The SMILES string of the molecule is C.COC(=O)c1cc(O)c(F)cc1N.COC(=O)c1cc(O)c(F)cc1[N+](=O)[O-]. The third-order valence-electron chi connectivity index (χ3n) is 3.19. The van der Waals surface area contributed by atoms with Crippen LogP contribution in [-0.4, -0.2) is 41.3 Å². The smallest absolute Gasteiger partial charge is 0.345 e. The lowest BCUT2D eigenvalue weighted by molar-refractivity contribution is -0.385. The zero-order valence-corrected chi connectivity index (χ0v) is 14.4. The number of hydrogen-bond donors (Lipinski definition) is 3. The summed E-state index contributed by atoms with van der Waals surface area (Å²) in [7, 11) is 2.19. The number of phenols is 2. The Morgan fingerprint density at radius 2 is 1.38 bits per heavy atom. The van der Waals surface area contributed by atoms with Crippen molar-refractivity contribution in [1.29, 1.82) is 0 Å². The molecule has 4 N–H and O–H groups in total. The molecule has 0 fully saturated rings. The molecule has 2 aromatic carbocycles. The maximum absolute atomic E-state index is 12.8. The molecule has 0 atom stereocenters. The summed E-state index contributed by atoms with van der Waals surface area (Å²) in [5, 5.41) is 28.3. The number of nitrogens with zero attached hydrogens (tertiary/aromatic N) is 1. The van der Waals surface area contributed by atoms with E-state index in [0.717, 1.165) is 19.2 Å². The number of halogens is 2. The van der Waals surface area contributed by atoms with Crippen LogP contribution in [0.25, 0.3) is 0 Å². The highest BCUT2D eigenvalue weighted by Crippen LogP contribution is 2.27. The third kappa shape index (κ3) is 6.02. The number of anilines is 1. The monoisotopic (exact) mass is 416 g/mol. The summed E-state index contributed by atoms with van der Waals surface area (Å²) < 4.78 is 34.0. The molecule has 0 aliphatic heterocycles. The molecule has 0 amide bonds. The number of nitro benzene ring substituents is 1. The topological polar surface area (TPSA) is 162 Å². The Balaban J connectivity index is 0.000000527. The minimum absolute atomic E-state index is 0. The van der Waals surface area contributed by atoms with Gasteiger partial charge in [0.25, 0.3) is 5.69 Å². The first kappa shape index (κ1) is 25.0. The number of ether oxygens (including phenoxy) is 2. The van der Waals surface area contributed by atoms with E-state index in [-0.39, 0.29) is 18.7 Å². The maximum atomic E-state index is 12.8. The Morgan fingerprint density at radius 3 is 1.83 bits per heavy atom. The Morgan fingerprint density at radius 1 is 0.966 bits per heavy atom. The molecule has 0 saturated carbocycles. The summed E-state index contributed by atoms with van der Waals surface area (Å²) in [6, 6.07) is 2.90. The van der Waals surface area contributed by atoms with Gasteiger partial charge in [0.05, 0.1) is 30.8 Å². The van der Waals surface area contributed by atoms with Gasteiger partial charge < -0.3 is 25.4 Å². The van der Waals surface area contributed by atoms with Crippen LogP contribution in [0, 0.1) is 21.7 Å². The first-order chi connectivity index (χ1) is 13.0. The largest absolute Gasteiger partial charge is 0.505 e. The van der Waals surface area contributed by atoms with Crippen LogP contribution in [0.5, 0.6) is 11.5 Å². The Bertz CT molecular complexity index is 934. The van der Waals surface area contributed by atoms with Crippen LogP contribution in [-0.2, 0) is 9.47 Å². The number of nitro groups is 1. The molecule has 12 heteroatoms. The second kappa shape index (κ2) is 10.4. The number of rotatable bonds is 3. The molecular weight excluding hydrogens is 398 g/mol. The number of benzene rings is 2. The predicted octanol–water partition coefficient (Wildman–Crippen LogP) is 2.76. The van der Waals surface area contributed by atoms with Crippen molar-refractivity contribution in [3.8, 4) is 11.5 Å². The highest BCUT2D eigenvalue weighted by atomic mass is 19.1.